The fourth-order valence-corrected chi connectivity index (χ4v) is 5.73. The van der Waals surface area contributed by atoms with Gasteiger partial charge in [-0.2, -0.15) is 0 Å². The maximum absolute atomic E-state index is 12.7. The Morgan fingerprint density at radius 3 is 1.59 bits per heavy atom. The van der Waals surface area contributed by atoms with Crippen molar-refractivity contribution < 1.29 is 24.2 Å². The van der Waals surface area contributed by atoms with Crippen LogP contribution in [0.2, 0.25) is 0 Å². The molecular weight excluding hydrogens is 574 g/mol. The number of ether oxygens (including phenoxy) is 1. The van der Waals surface area contributed by atoms with Crippen LogP contribution in [0.3, 0.4) is 0 Å². The number of carbonyl (C=O) groups is 3. The average molecular weight is 648 g/mol. The first-order valence-corrected chi connectivity index (χ1v) is 19.5. The molecule has 0 aromatic heterocycles. The van der Waals surface area contributed by atoms with E-state index in [0.717, 1.165) is 77.0 Å². The number of aliphatic carboxylic acids is 1. The van der Waals surface area contributed by atoms with Crippen molar-refractivity contribution >= 4 is 17.8 Å². The fourth-order valence-electron chi connectivity index (χ4n) is 5.73. The highest BCUT2D eigenvalue weighted by Crippen LogP contribution is 2.18. The number of hydrogen-bond acceptors (Lipinski definition) is 4. The number of carbonyl (C=O) groups excluding carboxylic acids is 2. The third kappa shape index (κ3) is 34.8. The van der Waals surface area contributed by atoms with Gasteiger partial charge in [0, 0.05) is 12.8 Å². The van der Waals surface area contributed by atoms with Gasteiger partial charge in [-0.15, -0.1) is 0 Å². The molecule has 1 amide bonds. The van der Waals surface area contributed by atoms with Gasteiger partial charge >= 0.3 is 11.9 Å². The zero-order chi connectivity index (χ0) is 33.8. The van der Waals surface area contributed by atoms with E-state index >= 15 is 0 Å². The van der Waals surface area contributed by atoms with Gasteiger partial charge in [0.05, 0.1) is 0 Å². The minimum Gasteiger partial charge on any atom is -0.480 e. The van der Waals surface area contributed by atoms with Crippen molar-refractivity contribution in [2.45, 2.75) is 206 Å². The summed E-state index contributed by atoms with van der Waals surface area (Å²) < 4.78 is 5.98. The lowest BCUT2D eigenvalue weighted by molar-refractivity contribution is -0.150. The van der Waals surface area contributed by atoms with Gasteiger partial charge in [0.1, 0.15) is 12.6 Å². The zero-order valence-electron chi connectivity index (χ0n) is 30.2. The Bertz CT molecular complexity index is 763. The molecule has 6 heteroatoms. The largest absolute Gasteiger partial charge is 0.480 e. The van der Waals surface area contributed by atoms with Crippen LogP contribution < -0.4 is 5.32 Å². The van der Waals surface area contributed by atoms with Crippen molar-refractivity contribution in [3.8, 4) is 0 Å². The fraction of sp³-hybridized carbons (Fsp3) is 0.825. The molecule has 0 rings (SSSR count). The molecule has 0 spiro atoms. The minimum atomic E-state index is -1.02. The molecule has 1 unspecified atom stereocenters. The molecule has 0 aliphatic carbocycles. The smallest absolute Gasteiger partial charge is 0.322 e. The lowest BCUT2D eigenvalue weighted by Gasteiger charge is -2.18. The van der Waals surface area contributed by atoms with Gasteiger partial charge in [-0.1, -0.05) is 147 Å². The van der Waals surface area contributed by atoms with Crippen LogP contribution in [0.1, 0.15) is 200 Å². The lowest BCUT2D eigenvalue weighted by Crippen LogP contribution is -2.28. The second kappa shape index (κ2) is 35.7. The van der Waals surface area contributed by atoms with Crippen LogP contribution in [0.4, 0.5) is 0 Å². The predicted octanol–water partition coefficient (Wildman–Crippen LogP) is 11.6. The number of rotatable bonds is 35. The zero-order valence-corrected chi connectivity index (χ0v) is 30.2. The first kappa shape index (κ1) is 43.9. The molecule has 0 bridgehead atoms. The van der Waals surface area contributed by atoms with E-state index in [9.17, 15) is 14.4 Å². The Hall–Kier alpha value is -2.11. The molecule has 268 valence electrons. The molecule has 0 aliphatic heterocycles. The summed E-state index contributed by atoms with van der Waals surface area (Å²) in [4.78, 5) is 34.9. The van der Waals surface area contributed by atoms with Crippen molar-refractivity contribution in [2.24, 2.45) is 0 Å². The quantitative estimate of drug-likeness (QED) is 0.0405. The predicted molar refractivity (Wildman–Crippen MR) is 194 cm³/mol. The van der Waals surface area contributed by atoms with Crippen molar-refractivity contribution in [1.82, 2.24) is 5.32 Å². The van der Waals surface area contributed by atoms with Crippen LogP contribution in [0.5, 0.6) is 0 Å². The second-order valence-electron chi connectivity index (χ2n) is 13.2. The molecular formula is C40H73NO5. The highest BCUT2D eigenvalue weighted by atomic mass is 16.5. The van der Waals surface area contributed by atoms with Crippen LogP contribution >= 0.6 is 0 Å². The molecule has 0 aliphatic rings. The van der Waals surface area contributed by atoms with Gasteiger partial charge in [-0.25, -0.2) is 0 Å². The Kier molecular flexibility index (Phi) is 34.1. The number of unbranched alkanes of at least 4 members (excludes halogenated alkanes) is 20. The molecule has 6 nitrogen and oxygen atoms in total. The number of esters is 1. The minimum absolute atomic E-state index is 0.0111. The summed E-state index contributed by atoms with van der Waals surface area (Å²) in [6, 6.07) is 0. The van der Waals surface area contributed by atoms with E-state index in [1.165, 1.54) is 96.3 Å². The molecule has 0 aromatic rings. The molecule has 1 atom stereocenters. The average Bonchev–Trinajstić information content (AvgIpc) is 3.04. The van der Waals surface area contributed by atoms with Crippen molar-refractivity contribution in [2.75, 3.05) is 6.54 Å². The molecule has 46 heavy (non-hydrogen) atoms. The lowest BCUT2D eigenvalue weighted by atomic mass is 10.0. The summed E-state index contributed by atoms with van der Waals surface area (Å²) in [5, 5.41) is 11.1. The molecule has 0 aromatic carbocycles. The molecule has 0 radical (unpaired) electrons. The first-order chi connectivity index (χ1) is 22.5. The van der Waals surface area contributed by atoms with Crippen molar-refractivity contribution in [3.63, 3.8) is 0 Å². The van der Waals surface area contributed by atoms with Crippen LogP contribution in [0.15, 0.2) is 24.3 Å². The molecule has 0 heterocycles. The summed E-state index contributed by atoms with van der Waals surface area (Å²) in [6.07, 6.45) is 41.5. The van der Waals surface area contributed by atoms with Crippen molar-refractivity contribution in [3.05, 3.63) is 24.3 Å². The van der Waals surface area contributed by atoms with Crippen LogP contribution in [-0.4, -0.2) is 35.6 Å². The van der Waals surface area contributed by atoms with E-state index in [0.29, 0.717) is 12.8 Å². The first-order valence-electron chi connectivity index (χ1n) is 19.5. The number of carboxylic acids is 1. The number of hydrogen-bond donors (Lipinski definition) is 2. The van der Waals surface area contributed by atoms with E-state index in [4.69, 9.17) is 9.84 Å². The van der Waals surface area contributed by atoms with E-state index < -0.39 is 5.97 Å². The van der Waals surface area contributed by atoms with Gasteiger partial charge in [-0.3, -0.25) is 14.4 Å². The van der Waals surface area contributed by atoms with E-state index in [2.05, 4.69) is 43.5 Å². The topological polar surface area (TPSA) is 92.7 Å². The third-order valence-corrected chi connectivity index (χ3v) is 8.63. The van der Waals surface area contributed by atoms with Gasteiger partial charge in [0.15, 0.2) is 0 Å². The maximum Gasteiger partial charge on any atom is 0.322 e. The summed E-state index contributed by atoms with van der Waals surface area (Å²) >= 11 is 0. The standard InChI is InChI=1S/C40H73NO5/c1-3-5-7-9-11-13-15-16-18-19-21-24-28-32-37(33-29-25-23-26-30-34-38(42)41-36-39(43)44)46-40(45)35-31-27-22-20-17-14-12-10-8-6-4-2/h15-16,19,21,37H,3-14,17-18,20,22-36H2,1-2H3,(H,41,42)(H,43,44)/b16-15-,21-19-. The molecule has 0 saturated heterocycles. The van der Waals surface area contributed by atoms with Crippen LogP contribution in [0, 0.1) is 0 Å². The molecule has 0 fully saturated rings. The van der Waals surface area contributed by atoms with Gasteiger partial charge in [0.2, 0.25) is 5.91 Å². The van der Waals surface area contributed by atoms with Crippen LogP contribution in [0.25, 0.3) is 0 Å². The van der Waals surface area contributed by atoms with Crippen molar-refractivity contribution in [1.29, 1.82) is 0 Å². The highest BCUT2D eigenvalue weighted by molar-refractivity contribution is 5.80. The summed E-state index contributed by atoms with van der Waals surface area (Å²) in [7, 11) is 0. The van der Waals surface area contributed by atoms with Crippen LogP contribution in [-0.2, 0) is 19.1 Å². The maximum atomic E-state index is 12.7. The Morgan fingerprint density at radius 1 is 0.565 bits per heavy atom. The molecule has 0 saturated carbocycles. The Morgan fingerprint density at radius 2 is 1.02 bits per heavy atom. The highest BCUT2D eigenvalue weighted by Gasteiger charge is 2.14. The number of nitrogens with one attached hydrogen (secondary N) is 1. The summed E-state index contributed by atoms with van der Waals surface area (Å²) in [6.45, 7) is 4.20. The van der Waals surface area contributed by atoms with Gasteiger partial charge in [0.25, 0.3) is 0 Å². The van der Waals surface area contributed by atoms with Gasteiger partial charge in [-0.05, 0) is 64.2 Å². The summed E-state index contributed by atoms with van der Waals surface area (Å²) in [5.74, 6) is -1.26. The third-order valence-electron chi connectivity index (χ3n) is 8.63. The SMILES string of the molecule is CCCCCCC/C=C\C/C=C\CCCC(CCCCCCCC(=O)NCC(=O)O)OC(=O)CCCCCCCCCCCCC. The van der Waals surface area contributed by atoms with E-state index in [1.807, 2.05) is 0 Å². The van der Waals surface area contributed by atoms with E-state index in [-0.39, 0.29) is 24.5 Å². The van der Waals surface area contributed by atoms with E-state index in [1.54, 1.807) is 0 Å². The van der Waals surface area contributed by atoms with Gasteiger partial charge < -0.3 is 15.2 Å². The number of carboxylic acid groups (broad SMARTS) is 1. The Balaban J connectivity index is 4.26. The summed E-state index contributed by atoms with van der Waals surface area (Å²) in [5.41, 5.74) is 0. The Labute approximate surface area is 284 Å². The number of allylic oxidation sites excluding steroid dienone is 4. The normalized spacial score (nSPS) is 12.2. The molecule has 2 N–H and O–H groups in total. The number of amides is 1. The second-order valence-corrected chi connectivity index (χ2v) is 13.2. The monoisotopic (exact) mass is 648 g/mol.